The van der Waals surface area contributed by atoms with E-state index in [1.807, 2.05) is 67.6 Å². The maximum Gasteiger partial charge on any atom is 0.281 e. The summed E-state index contributed by atoms with van der Waals surface area (Å²) in [5, 5.41) is 7.70. The lowest BCUT2D eigenvalue weighted by molar-refractivity contribution is 0.0947. The van der Waals surface area contributed by atoms with Crippen LogP contribution in [0.4, 0.5) is 5.95 Å². The fourth-order valence-electron chi connectivity index (χ4n) is 2.87. The molecule has 0 aliphatic carbocycles. The van der Waals surface area contributed by atoms with E-state index in [-0.39, 0.29) is 5.91 Å². The van der Waals surface area contributed by atoms with Crippen LogP contribution in [0.5, 0.6) is 0 Å². The summed E-state index contributed by atoms with van der Waals surface area (Å²) in [6.07, 6.45) is 3.35. The Labute approximate surface area is 162 Å². The Morgan fingerprint density at radius 2 is 1.79 bits per heavy atom. The van der Waals surface area contributed by atoms with E-state index in [1.54, 1.807) is 18.5 Å². The van der Waals surface area contributed by atoms with Gasteiger partial charge in [0.15, 0.2) is 5.82 Å². The zero-order valence-electron chi connectivity index (χ0n) is 15.4. The zero-order chi connectivity index (χ0) is 19.3. The Morgan fingerprint density at radius 1 is 1.00 bits per heavy atom. The van der Waals surface area contributed by atoms with E-state index in [2.05, 4.69) is 20.4 Å². The van der Waals surface area contributed by atoms with Gasteiger partial charge in [0.25, 0.3) is 5.91 Å². The molecule has 2 aromatic carbocycles. The van der Waals surface area contributed by atoms with E-state index in [1.165, 1.54) is 4.68 Å². The highest BCUT2D eigenvalue weighted by Gasteiger charge is 2.18. The Morgan fingerprint density at radius 3 is 2.54 bits per heavy atom. The van der Waals surface area contributed by atoms with Crippen molar-refractivity contribution in [1.29, 1.82) is 0 Å². The van der Waals surface area contributed by atoms with Crippen LogP contribution in [0.1, 0.15) is 21.5 Å². The fraction of sp³-hybridized carbons (Fsp3) is 0.0909. The molecule has 0 atom stereocenters. The van der Waals surface area contributed by atoms with Gasteiger partial charge in [-0.25, -0.2) is 0 Å². The van der Waals surface area contributed by atoms with Crippen molar-refractivity contribution in [3.8, 4) is 11.4 Å². The van der Waals surface area contributed by atoms with E-state index in [0.717, 1.165) is 16.7 Å². The van der Waals surface area contributed by atoms with Crippen molar-refractivity contribution in [2.45, 2.75) is 13.5 Å². The zero-order valence-corrected chi connectivity index (χ0v) is 15.4. The molecule has 1 N–H and O–H groups in total. The third-order valence-electron chi connectivity index (χ3n) is 4.30. The van der Waals surface area contributed by atoms with Crippen molar-refractivity contribution in [1.82, 2.24) is 19.7 Å². The van der Waals surface area contributed by atoms with Gasteiger partial charge < -0.3 is 5.32 Å². The molecule has 2 aromatic heterocycles. The second-order valence-electron chi connectivity index (χ2n) is 6.42. The fourth-order valence-corrected chi connectivity index (χ4v) is 2.87. The van der Waals surface area contributed by atoms with Crippen LogP contribution in [-0.4, -0.2) is 25.7 Å². The van der Waals surface area contributed by atoms with Crippen LogP contribution >= 0.6 is 0 Å². The summed E-state index contributed by atoms with van der Waals surface area (Å²) < 4.78 is 1.33. The summed E-state index contributed by atoms with van der Waals surface area (Å²) in [7, 11) is 0. The predicted molar refractivity (Wildman–Crippen MR) is 108 cm³/mol. The third kappa shape index (κ3) is 3.81. The number of anilines is 1. The first kappa shape index (κ1) is 17.6. The van der Waals surface area contributed by atoms with Gasteiger partial charge in [-0.3, -0.25) is 9.78 Å². The minimum Gasteiger partial charge on any atom is -0.350 e. The first-order chi connectivity index (χ1) is 13.7. The molecule has 2 heterocycles. The lowest BCUT2D eigenvalue weighted by Gasteiger charge is -2.07. The van der Waals surface area contributed by atoms with Crippen LogP contribution in [0.25, 0.3) is 11.4 Å². The van der Waals surface area contributed by atoms with Gasteiger partial charge in [0.1, 0.15) is 0 Å². The summed E-state index contributed by atoms with van der Waals surface area (Å²) in [4.78, 5) is 21.7. The first-order valence-corrected chi connectivity index (χ1v) is 8.97. The summed E-state index contributed by atoms with van der Waals surface area (Å²) in [6, 6.07) is 21.0. The molecule has 0 fully saturated rings. The highest BCUT2D eigenvalue weighted by Crippen LogP contribution is 2.19. The van der Waals surface area contributed by atoms with Gasteiger partial charge in [-0.1, -0.05) is 48.0 Å². The number of nitrogens with one attached hydrogen (secondary N) is 1. The van der Waals surface area contributed by atoms with E-state index < -0.39 is 0 Å². The smallest absolute Gasteiger partial charge is 0.281 e. The Balaban J connectivity index is 1.70. The predicted octanol–water partition coefficient (Wildman–Crippen LogP) is 3.95. The molecule has 0 unspecified atom stereocenters. The van der Waals surface area contributed by atoms with Crippen molar-refractivity contribution in [2.75, 3.05) is 5.32 Å². The molecule has 6 heteroatoms. The number of hydrogen-bond acceptors (Lipinski definition) is 5. The van der Waals surface area contributed by atoms with Gasteiger partial charge in [-0.15, -0.1) is 5.10 Å². The highest BCUT2D eigenvalue weighted by molar-refractivity contribution is 5.97. The SMILES string of the molecule is Cc1cccc(C(=O)n2nc(-c3ccncc3)nc2NCc2ccccc2)c1. The second-order valence-corrected chi connectivity index (χ2v) is 6.42. The maximum atomic E-state index is 13.1. The van der Waals surface area contributed by atoms with Crippen LogP contribution in [-0.2, 0) is 6.54 Å². The van der Waals surface area contributed by atoms with Gasteiger partial charge in [0.05, 0.1) is 0 Å². The van der Waals surface area contributed by atoms with E-state index >= 15 is 0 Å². The normalized spacial score (nSPS) is 10.6. The summed E-state index contributed by atoms with van der Waals surface area (Å²) in [5.41, 5.74) is 3.46. The Bertz CT molecular complexity index is 1090. The molecule has 0 aliphatic rings. The number of benzene rings is 2. The van der Waals surface area contributed by atoms with E-state index in [9.17, 15) is 4.79 Å². The number of hydrogen-bond donors (Lipinski definition) is 1. The van der Waals surface area contributed by atoms with Crippen molar-refractivity contribution >= 4 is 11.9 Å². The van der Waals surface area contributed by atoms with Gasteiger partial charge >= 0.3 is 0 Å². The molecule has 0 amide bonds. The number of carbonyl (C=O) groups is 1. The number of aryl methyl sites for hydroxylation is 1. The lowest BCUT2D eigenvalue weighted by Crippen LogP contribution is -2.17. The van der Waals surface area contributed by atoms with Crippen molar-refractivity contribution in [2.24, 2.45) is 0 Å². The second kappa shape index (κ2) is 7.84. The van der Waals surface area contributed by atoms with Crippen LogP contribution < -0.4 is 5.32 Å². The van der Waals surface area contributed by atoms with Gasteiger partial charge in [0.2, 0.25) is 5.95 Å². The minimum absolute atomic E-state index is 0.230. The average Bonchev–Trinajstić information content (AvgIpc) is 3.17. The number of nitrogens with zero attached hydrogens (tertiary/aromatic N) is 4. The monoisotopic (exact) mass is 369 g/mol. The van der Waals surface area contributed by atoms with Crippen LogP contribution in [0, 0.1) is 6.92 Å². The molecule has 6 nitrogen and oxygen atoms in total. The van der Waals surface area contributed by atoms with Crippen LogP contribution in [0.3, 0.4) is 0 Å². The molecule has 0 bridgehead atoms. The van der Waals surface area contributed by atoms with Crippen molar-refractivity contribution < 1.29 is 4.79 Å². The number of pyridine rings is 1. The largest absolute Gasteiger partial charge is 0.350 e. The molecule has 4 rings (SSSR count). The third-order valence-corrected chi connectivity index (χ3v) is 4.30. The van der Waals surface area contributed by atoms with Crippen molar-refractivity contribution in [3.05, 3.63) is 95.8 Å². The van der Waals surface area contributed by atoms with Gasteiger partial charge in [-0.05, 0) is 36.8 Å². The molecule has 4 aromatic rings. The van der Waals surface area contributed by atoms with Crippen LogP contribution in [0.15, 0.2) is 79.1 Å². The van der Waals surface area contributed by atoms with Crippen molar-refractivity contribution in [3.63, 3.8) is 0 Å². The van der Waals surface area contributed by atoms with E-state index in [0.29, 0.717) is 23.9 Å². The molecule has 138 valence electrons. The molecular weight excluding hydrogens is 350 g/mol. The molecule has 28 heavy (non-hydrogen) atoms. The summed E-state index contributed by atoms with van der Waals surface area (Å²) >= 11 is 0. The maximum absolute atomic E-state index is 13.1. The lowest BCUT2D eigenvalue weighted by atomic mass is 10.1. The Hall–Kier alpha value is -3.80. The Kier molecular flexibility index (Phi) is 4.93. The quantitative estimate of drug-likeness (QED) is 0.577. The molecule has 0 saturated heterocycles. The summed E-state index contributed by atoms with van der Waals surface area (Å²) in [6.45, 7) is 2.49. The minimum atomic E-state index is -0.230. The van der Waals surface area contributed by atoms with E-state index in [4.69, 9.17) is 0 Å². The standard InChI is InChI=1S/C22H19N5O/c1-16-6-5-9-19(14-16)21(28)27-22(24-15-17-7-3-2-4-8-17)25-20(26-27)18-10-12-23-13-11-18/h2-14H,15H2,1H3,(H,24,25,26). The molecule has 0 saturated carbocycles. The number of carbonyl (C=O) groups excluding carboxylic acids is 1. The number of rotatable bonds is 5. The molecule has 0 radical (unpaired) electrons. The number of aromatic nitrogens is 4. The molecule has 0 spiro atoms. The highest BCUT2D eigenvalue weighted by atomic mass is 16.2. The van der Waals surface area contributed by atoms with Crippen LogP contribution in [0.2, 0.25) is 0 Å². The summed E-state index contributed by atoms with van der Waals surface area (Å²) in [5.74, 6) is 0.646. The topological polar surface area (TPSA) is 72.7 Å². The van der Waals surface area contributed by atoms with Gasteiger partial charge in [0, 0.05) is 30.1 Å². The van der Waals surface area contributed by atoms with Gasteiger partial charge in [-0.2, -0.15) is 9.67 Å². The molecule has 0 aliphatic heterocycles. The average molecular weight is 369 g/mol. The molecular formula is C22H19N5O. The first-order valence-electron chi connectivity index (χ1n) is 8.97.